The number of para-hydroxylation sites is 3. The number of aryl methyl sites for hydroxylation is 1. The molecule has 5 nitrogen and oxygen atoms in total. The van der Waals surface area contributed by atoms with Gasteiger partial charge in [-0.05, 0) is 55.0 Å². The highest BCUT2D eigenvalue weighted by Crippen LogP contribution is 2.23. The van der Waals surface area contributed by atoms with Crippen LogP contribution in [0.3, 0.4) is 0 Å². The van der Waals surface area contributed by atoms with Gasteiger partial charge in [-0.25, -0.2) is 9.38 Å². The molecule has 0 aliphatic carbocycles. The second-order valence-electron chi connectivity index (χ2n) is 8.09. The van der Waals surface area contributed by atoms with Gasteiger partial charge in [0.15, 0.2) is 4.96 Å². The minimum Gasteiger partial charge on any atom is -0.494 e. The van der Waals surface area contributed by atoms with Crippen LogP contribution in [-0.4, -0.2) is 20.6 Å². The quantitative estimate of drug-likeness (QED) is 0.291. The summed E-state index contributed by atoms with van der Waals surface area (Å²) in [7, 11) is 0. The minimum atomic E-state index is -0.0260. The number of halogens is 1. The van der Waals surface area contributed by atoms with Crippen LogP contribution < -0.4 is 14.8 Å². The molecule has 0 aliphatic rings. The number of fused-ring (bicyclic) bond motifs is 4. The van der Waals surface area contributed by atoms with Crippen LogP contribution in [0.15, 0.2) is 83.8 Å². The van der Waals surface area contributed by atoms with Crippen molar-refractivity contribution in [1.29, 1.82) is 0 Å². The van der Waals surface area contributed by atoms with Crippen LogP contribution in [0.4, 0.5) is 0 Å². The SMILES string of the molecule is O=c1/c(=C/c2cn(CCCOc3ccc(Cl)cc3)c3ccccc23)sc2nc3ccccc3n12. The van der Waals surface area contributed by atoms with E-state index in [0.717, 1.165) is 51.2 Å². The van der Waals surface area contributed by atoms with Crippen molar-refractivity contribution in [3.05, 3.63) is 104 Å². The molecule has 0 atom stereocenters. The van der Waals surface area contributed by atoms with E-state index in [2.05, 4.69) is 27.9 Å². The highest BCUT2D eigenvalue weighted by molar-refractivity contribution is 7.15. The predicted molar refractivity (Wildman–Crippen MR) is 139 cm³/mol. The summed E-state index contributed by atoms with van der Waals surface area (Å²) < 4.78 is 10.5. The first kappa shape index (κ1) is 21.0. The topological polar surface area (TPSA) is 48.5 Å². The monoisotopic (exact) mass is 485 g/mol. The molecule has 3 aromatic heterocycles. The first-order valence-corrected chi connectivity index (χ1v) is 12.2. The van der Waals surface area contributed by atoms with Crippen LogP contribution in [0.25, 0.3) is 33.0 Å². The molecule has 0 aliphatic heterocycles. The normalized spacial score (nSPS) is 12.3. The molecule has 168 valence electrons. The molecule has 0 fully saturated rings. The molecule has 3 heterocycles. The summed E-state index contributed by atoms with van der Waals surface area (Å²) in [5, 5.41) is 1.82. The Labute approximate surface area is 204 Å². The zero-order valence-electron chi connectivity index (χ0n) is 18.1. The molecular weight excluding hydrogens is 466 g/mol. The summed E-state index contributed by atoms with van der Waals surface area (Å²) >= 11 is 7.36. The van der Waals surface area contributed by atoms with Gasteiger partial charge in [-0.1, -0.05) is 53.3 Å². The average Bonchev–Trinajstić information content (AvgIpc) is 3.49. The lowest BCUT2D eigenvalue weighted by Gasteiger charge is -2.08. The third-order valence-corrected chi connectivity index (χ3v) is 7.10. The average molecular weight is 486 g/mol. The Kier molecular flexibility index (Phi) is 5.32. The maximum absolute atomic E-state index is 13.2. The number of benzene rings is 3. The van der Waals surface area contributed by atoms with Crippen LogP contribution in [0.1, 0.15) is 12.0 Å². The highest BCUT2D eigenvalue weighted by atomic mass is 35.5. The van der Waals surface area contributed by atoms with Gasteiger partial charge in [0, 0.05) is 34.2 Å². The van der Waals surface area contributed by atoms with Gasteiger partial charge in [-0.3, -0.25) is 4.79 Å². The fourth-order valence-electron chi connectivity index (χ4n) is 4.28. The van der Waals surface area contributed by atoms with Crippen molar-refractivity contribution >= 4 is 55.9 Å². The molecule has 0 radical (unpaired) electrons. The first-order chi connectivity index (χ1) is 16.7. The smallest absolute Gasteiger partial charge is 0.274 e. The molecule has 0 spiro atoms. The number of rotatable bonds is 6. The molecule has 6 aromatic rings. The van der Waals surface area contributed by atoms with E-state index in [1.807, 2.05) is 66.7 Å². The standard InChI is InChI=1S/C27H20ClN3O2S/c28-19-10-12-20(13-11-19)33-15-5-14-30-17-18(21-6-1-3-8-23(21)30)16-25-26(32)31-24-9-4-2-7-22(24)29-27(31)34-25/h1-4,6-13,16-17H,5,14-15H2/b25-16-. The molecule has 0 amide bonds. The summed E-state index contributed by atoms with van der Waals surface area (Å²) in [5.74, 6) is 0.814. The molecule has 0 bridgehead atoms. The second-order valence-corrected chi connectivity index (χ2v) is 9.53. The maximum Gasteiger partial charge on any atom is 0.274 e. The van der Waals surface area contributed by atoms with Crippen molar-refractivity contribution in [3.63, 3.8) is 0 Å². The molecule has 0 N–H and O–H groups in total. The van der Waals surface area contributed by atoms with Crippen molar-refractivity contribution in [2.45, 2.75) is 13.0 Å². The highest BCUT2D eigenvalue weighted by Gasteiger charge is 2.12. The van der Waals surface area contributed by atoms with Crippen molar-refractivity contribution in [2.24, 2.45) is 0 Å². The molecule has 34 heavy (non-hydrogen) atoms. The summed E-state index contributed by atoms with van der Waals surface area (Å²) in [5.41, 5.74) is 3.83. The van der Waals surface area contributed by atoms with Gasteiger partial charge < -0.3 is 9.30 Å². The van der Waals surface area contributed by atoms with E-state index in [-0.39, 0.29) is 5.56 Å². The van der Waals surface area contributed by atoms with Crippen molar-refractivity contribution in [1.82, 2.24) is 14.0 Å². The number of hydrogen-bond donors (Lipinski definition) is 0. The molecular formula is C27H20ClN3O2S. The lowest BCUT2D eigenvalue weighted by molar-refractivity contribution is 0.302. The summed E-state index contributed by atoms with van der Waals surface area (Å²) in [4.78, 5) is 18.5. The second kappa shape index (κ2) is 8.63. The molecule has 3 aromatic carbocycles. The maximum atomic E-state index is 13.2. The van der Waals surface area contributed by atoms with Crippen LogP contribution in [0, 0.1) is 0 Å². The van der Waals surface area contributed by atoms with Crippen LogP contribution in [-0.2, 0) is 6.54 Å². The molecule has 0 unspecified atom stereocenters. The number of imidazole rings is 1. The summed E-state index contributed by atoms with van der Waals surface area (Å²) in [6, 6.07) is 23.4. The first-order valence-electron chi connectivity index (χ1n) is 11.1. The van der Waals surface area contributed by atoms with Gasteiger partial charge in [0.2, 0.25) is 0 Å². The Morgan fingerprint density at radius 3 is 2.59 bits per heavy atom. The number of nitrogens with zero attached hydrogens (tertiary/aromatic N) is 3. The Morgan fingerprint density at radius 2 is 1.74 bits per heavy atom. The van der Waals surface area contributed by atoms with Crippen LogP contribution >= 0.6 is 22.9 Å². The van der Waals surface area contributed by atoms with Gasteiger partial charge in [-0.15, -0.1) is 0 Å². The van der Waals surface area contributed by atoms with Gasteiger partial charge in [0.25, 0.3) is 5.56 Å². The molecule has 0 saturated carbocycles. The van der Waals surface area contributed by atoms with E-state index >= 15 is 0 Å². The van der Waals surface area contributed by atoms with E-state index in [1.54, 1.807) is 4.40 Å². The number of ether oxygens (including phenoxy) is 1. The summed E-state index contributed by atoms with van der Waals surface area (Å²) in [6.45, 7) is 1.41. The number of hydrogen-bond acceptors (Lipinski definition) is 4. The van der Waals surface area contributed by atoms with E-state index < -0.39 is 0 Å². The predicted octanol–water partition coefficient (Wildman–Crippen LogP) is 5.53. The van der Waals surface area contributed by atoms with E-state index in [4.69, 9.17) is 16.3 Å². The van der Waals surface area contributed by atoms with Crippen molar-refractivity contribution in [3.8, 4) is 5.75 Å². The van der Waals surface area contributed by atoms with E-state index in [9.17, 15) is 4.79 Å². The molecule has 0 saturated heterocycles. The van der Waals surface area contributed by atoms with Crippen LogP contribution in [0.2, 0.25) is 5.02 Å². The Morgan fingerprint density at radius 1 is 0.971 bits per heavy atom. The van der Waals surface area contributed by atoms with E-state index in [0.29, 0.717) is 16.2 Å². The Bertz CT molecular complexity index is 1750. The van der Waals surface area contributed by atoms with Crippen LogP contribution in [0.5, 0.6) is 5.75 Å². The lowest BCUT2D eigenvalue weighted by atomic mass is 10.2. The minimum absolute atomic E-state index is 0.0260. The molecule has 6 rings (SSSR count). The lowest BCUT2D eigenvalue weighted by Crippen LogP contribution is -2.22. The third kappa shape index (κ3) is 3.75. The fraction of sp³-hybridized carbons (Fsp3) is 0.111. The number of thiazole rings is 1. The zero-order valence-corrected chi connectivity index (χ0v) is 19.7. The largest absolute Gasteiger partial charge is 0.494 e. The van der Waals surface area contributed by atoms with Gasteiger partial charge >= 0.3 is 0 Å². The van der Waals surface area contributed by atoms with Gasteiger partial charge in [0.1, 0.15) is 5.75 Å². The van der Waals surface area contributed by atoms with Crippen molar-refractivity contribution < 1.29 is 4.74 Å². The number of aromatic nitrogens is 3. The van der Waals surface area contributed by atoms with Crippen molar-refractivity contribution in [2.75, 3.05) is 6.61 Å². The fourth-order valence-corrected chi connectivity index (χ4v) is 5.39. The Balaban J connectivity index is 1.30. The van der Waals surface area contributed by atoms with Gasteiger partial charge in [-0.2, -0.15) is 0 Å². The summed E-state index contributed by atoms with van der Waals surface area (Å²) in [6.07, 6.45) is 4.96. The van der Waals surface area contributed by atoms with E-state index in [1.165, 1.54) is 11.3 Å². The Hall–Kier alpha value is -3.61. The molecule has 7 heteroatoms. The zero-order chi connectivity index (χ0) is 23.1. The third-order valence-electron chi connectivity index (χ3n) is 5.88. The van der Waals surface area contributed by atoms with Gasteiger partial charge in [0.05, 0.1) is 22.2 Å².